The highest BCUT2D eigenvalue weighted by Crippen LogP contribution is 2.28. The summed E-state index contributed by atoms with van der Waals surface area (Å²) in [4.78, 5) is 20.9. The molecule has 0 bridgehead atoms. The maximum atomic E-state index is 14.0. The fraction of sp³-hybridized carbons (Fsp3) is 0.125. The Kier molecular flexibility index (Phi) is 5.93. The summed E-state index contributed by atoms with van der Waals surface area (Å²) in [6.07, 6.45) is 8.18. The number of hydrogen-bond acceptors (Lipinski definition) is 4. The highest BCUT2D eigenvalue weighted by atomic mass is 19.1. The van der Waals surface area contributed by atoms with Crippen molar-refractivity contribution in [3.05, 3.63) is 95.1 Å². The third-order valence-corrected chi connectivity index (χ3v) is 4.81. The molecule has 0 saturated carbocycles. The number of carbonyl (C=O) groups is 1. The molecule has 1 aromatic carbocycles. The fourth-order valence-corrected chi connectivity index (χ4v) is 3.24. The second kappa shape index (κ2) is 8.97. The normalized spacial score (nSPS) is 11.2. The molecule has 0 saturated heterocycles. The van der Waals surface area contributed by atoms with E-state index in [-0.39, 0.29) is 18.1 Å². The van der Waals surface area contributed by atoms with E-state index in [0.717, 1.165) is 11.1 Å². The first kappa shape index (κ1) is 21.2. The van der Waals surface area contributed by atoms with Crippen molar-refractivity contribution in [3.8, 4) is 5.75 Å². The van der Waals surface area contributed by atoms with Crippen molar-refractivity contribution in [1.82, 2.24) is 14.4 Å². The second-order valence-electron chi connectivity index (χ2n) is 7.21. The summed E-state index contributed by atoms with van der Waals surface area (Å²) in [5.74, 6) is -0.855. The SMILES string of the molecule is Cc1cc(OCc2c(F)cccc2F)c2nc(C)c(NC(=O)/C=C/c3ccncc3)n2c1. The summed E-state index contributed by atoms with van der Waals surface area (Å²) in [7, 11) is 0. The molecule has 0 aliphatic heterocycles. The van der Waals surface area contributed by atoms with Crippen LogP contribution in [-0.4, -0.2) is 20.3 Å². The number of imidazole rings is 1. The molecule has 3 aromatic heterocycles. The van der Waals surface area contributed by atoms with Crippen LogP contribution in [0.2, 0.25) is 0 Å². The van der Waals surface area contributed by atoms with E-state index in [4.69, 9.17) is 4.74 Å². The first-order valence-electron chi connectivity index (χ1n) is 9.86. The summed E-state index contributed by atoms with van der Waals surface area (Å²) in [5.41, 5.74) is 2.50. The lowest BCUT2D eigenvalue weighted by Gasteiger charge is -2.11. The monoisotopic (exact) mass is 434 g/mol. The number of rotatable bonds is 6. The van der Waals surface area contributed by atoms with Gasteiger partial charge in [-0.05, 0) is 61.4 Å². The maximum absolute atomic E-state index is 14.0. The predicted molar refractivity (Wildman–Crippen MR) is 117 cm³/mol. The van der Waals surface area contributed by atoms with E-state index in [0.29, 0.717) is 22.9 Å². The average molecular weight is 434 g/mol. The minimum Gasteiger partial charge on any atom is -0.485 e. The van der Waals surface area contributed by atoms with Crippen molar-refractivity contribution in [1.29, 1.82) is 0 Å². The molecule has 1 amide bonds. The number of anilines is 1. The van der Waals surface area contributed by atoms with Gasteiger partial charge in [-0.2, -0.15) is 0 Å². The van der Waals surface area contributed by atoms with Gasteiger partial charge in [0.2, 0.25) is 5.91 Å². The Morgan fingerprint density at radius 1 is 1.16 bits per heavy atom. The van der Waals surface area contributed by atoms with E-state index in [9.17, 15) is 13.6 Å². The van der Waals surface area contributed by atoms with E-state index in [1.54, 1.807) is 54.2 Å². The number of ether oxygens (including phenoxy) is 1. The molecule has 4 rings (SSSR count). The van der Waals surface area contributed by atoms with Gasteiger partial charge in [-0.15, -0.1) is 0 Å². The molecule has 0 spiro atoms. The lowest BCUT2D eigenvalue weighted by Crippen LogP contribution is -2.11. The van der Waals surface area contributed by atoms with Gasteiger partial charge in [0.05, 0.1) is 11.3 Å². The molecule has 0 atom stereocenters. The number of amides is 1. The lowest BCUT2D eigenvalue weighted by molar-refractivity contribution is -0.111. The molecule has 0 aliphatic rings. The van der Waals surface area contributed by atoms with Crippen LogP contribution in [0.4, 0.5) is 14.6 Å². The molecule has 6 nitrogen and oxygen atoms in total. The highest BCUT2D eigenvalue weighted by molar-refractivity contribution is 6.02. The Bertz CT molecular complexity index is 1300. The minimum absolute atomic E-state index is 0.162. The third kappa shape index (κ3) is 4.49. The third-order valence-electron chi connectivity index (χ3n) is 4.81. The van der Waals surface area contributed by atoms with Crippen molar-refractivity contribution in [2.75, 3.05) is 5.32 Å². The summed E-state index contributed by atoms with van der Waals surface area (Å²) in [6, 6.07) is 8.97. The average Bonchev–Trinajstić information content (AvgIpc) is 3.08. The first-order valence-corrected chi connectivity index (χ1v) is 9.86. The highest BCUT2D eigenvalue weighted by Gasteiger charge is 2.16. The van der Waals surface area contributed by atoms with Crippen molar-refractivity contribution in [3.63, 3.8) is 0 Å². The van der Waals surface area contributed by atoms with Crippen molar-refractivity contribution in [2.45, 2.75) is 20.5 Å². The zero-order valence-electron chi connectivity index (χ0n) is 17.5. The molecule has 1 N–H and O–H groups in total. The Labute approximate surface area is 183 Å². The van der Waals surface area contributed by atoms with Crippen LogP contribution < -0.4 is 10.1 Å². The van der Waals surface area contributed by atoms with E-state index in [1.165, 1.54) is 24.3 Å². The van der Waals surface area contributed by atoms with Crippen LogP contribution in [0.25, 0.3) is 11.7 Å². The molecule has 162 valence electrons. The van der Waals surface area contributed by atoms with E-state index >= 15 is 0 Å². The van der Waals surface area contributed by atoms with Gasteiger partial charge in [-0.3, -0.25) is 14.2 Å². The summed E-state index contributed by atoms with van der Waals surface area (Å²) in [5, 5.41) is 2.83. The number of benzene rings is 1. The summed E-state index contributed by atoms with van der Waals surface area (Å²) < 4.78 is 35.3. The van der Waals surface area contributed by atoms with E-state index < -0.39 is 11.6 Å². The number of nitrogens with zero attached hydrogens (tertiary/aromatic N) is 3. The van der Waals surface area contributed by atoms with Crippen molar-refractivity contribution in [2.24, 2.45) is 0 Å². The quantitative estimate of drug-likeness (QED) is 0.440. The fourth-order valence-electron chi connectivity index (χ4n) is 3.24. The van der Waals surface area contributed by atoms with Gasteiger partial charge in [-0.25, -0.2) is 13.8 Å². The standard InChI is InChI=1S/C24H20F2N4O2/c1-15-12-21(32-14-18-19(25)4-3-5-20(18)26)24-28-16(2)23(30(24)13-15)29-22(31)7-6-17-8-10-27-11-9-17/h3-13H,14H2,1-2H3,(H,29,31)/b7-6+. The van der Waals surface area contributed by atoms with Crippen LogP contribution in [0.5, 0.6) is 5.75 Å². The van der Waals surface area contributed by atoms with Gasteiger partial charge >= 0.3 is 0 Å². The number of aryl methyl sites for hydroxylation is 2. The van der Waals surface area contributed by atoms with Gasteiger partial charge in [0.25, 0.3) is 0 Å². The second-order valence-corrected chi connectivity index (χ2v) is 7.21. The van der Waals surface area contributed by atoms with Gasteiger partial charge in [-0.1, -0.05) is 6.07 Å². The number of pyridine rings is 2. The van der Waals surface area contributed by atoms with Gasteiger partial charge < -0.3 is 10.1 Å². The van der Waals surface area contributed by atoms with Crippen LogP contribution in [0.15, 0.2) is 61.1 Å². The zero-order chi connectivity index (χ0) is 22.7. The number of fused-ring (bicyclic) bond motifs is 1. The number of nitrogens with one attached hydrogen (secondary N) is 1. The predicted octanol–water partition coefficient (Wildman–Crippen LogP) is 4.86. The summed E-state index contributed by atoms with van der Waals surface area (Å²) in [6.45, 7) is 3.31. The van der Waals surface area contributed by atoms with Crippen LogP contribution in [0.1, 0.15) is 22.4 Å². The topological polar surface area (TPSA) is 68.5 Å². The Morgan fingerprint density at radius 2 is 1.88 bits per heavy atom. The van der Waals surface area contributed by atoms with Crippen LogP contribution in [0, 0.1) is 25.5 Å². The minimum atomic E-state index is -0.679. The zero-order valence-corrected chi connectivity index (χ0v) is 17.5. The number of aromatic nitrogens is 3. The molecule has 8 heteroatoms. The Hall–Kier alpha value is -4.07. The van der Waals surface area contributed by atoms with Crippen molar-refractivity contribution < 1.29 is 18.3 Å². The molecule has 0 radical (unpaired) electrons. The number of hydrogen-bond donors (Lipinski definition) is 1. The molecule has 0 unspecified atom stereocenters. The van der Waals surface area contributed by atoms with Crippen molar-refractivity contribution >= 4 is 23.4 Å². The Morgan fingerprint density at radius 3 is 2.59 bits per heavy atom. The maximum Gasteiger partial charge on any atom is 0.249 e. The van der Waals surface area contributed by atoms with E-state index in [1.807, 2.05) is 6.92 Å². The molecular formula is C24H20F2N4O2. The molecule has 32 heavy (non-hydrogen) atoms. The van der Waals surface area contributed by atoms with Gasteiger partial charge in [0.1, 0.15) is 24.1 Å². The molecule has 0 aliphatic carbocycles. The van der Waals surface area contributed by atoms with Crippen LogP contribution >= 0.6 is 0 Å². The van der Waals surface area contributed by atoms with Crippen LogP contribution in [0.3, 0.4) is 0 Å². The van der Waals surface area contributed by atoms with Gasteiger partial charge in [0, 0.05) is 24.7 Å². The molecule has 3 heterocycles. The molecule has 4 aromatic rings. The first-order chi connectivity index (χ1) is 15.4. The van der Waals surface area contributed by atoms with Gasteiger partial charge in [0.15, 0.2) is 11.4 Å². The van der Waals surface area contributed by atoms with Crippen LogP contribution in [-0.2, 0) is 11.4 Å². The lowest BCUT2D eigenvalue weighted by atomic mass is 10.2. The molecule has 0 fully saturated rings. The summed E-state index contributed by atoms with van der Waals surface area (Å²) >= 11 is 0. The number of carbonyl (C=O) groups excluding carboxylic acids is 1. The largest absolute Gasteiger partial charge is 0.485 e. The van der Waals surface area contributed by atoms with E-state index in [2.05, 4.69) is 15.3 Å². The smallest absolute Gasteiger partial charge is 0.249 e. The number of halogens is 2. The Balaban J connectivity index is 1.60. The molecular weight excluding hydrogens is 414 g/mol.